The Bertz CT molecular complexity index is 965. The molecule has 2 aliphatic heterocycles. The van der Waals surface area contributed by atoms with Crippen molar-refractivity contribution in [2.45, 2.75) is 19.4 Å². The van der Waals surface area contributed by atoms with Gasteiger partial charge in [-0.2, -0.15) is 0 Å². The number of imide groups is 1. The van der Waals surface area contributed by atoms with Gasteiger partial charge < -0.3 is 14.5 Å². The maximum absolute atomic E-state index is 13.1. The predicted octanol–water partition coefficient (Wildman–Crippen LogP) is 0.935. The van der Waals surface area contributed by atoms with Crippen LogP contribution in [0.15, 0.2) is 48.5 Å². The lowest BCUT2D eigenvalue weighted by Crippen LogP contribution is -3.19. The fourth-order valence-electron chi connectivity index (χ4n) is 4.28. The Morgan fingerprint density at radius 3 is 2.37 bits per heavy atom. The number of methoxy groups -OCH3 is 1. The fraction of sp³-hybridized carbons (Fsp3) is 0.348. The lowest BCUT2D eigenvalue weighted by Gasteiger charge is -2.35. The Kier molecular flexibility index (Phi) is 5.55. The number of piperazine rings is 1. The summed E-state index contributed by atoms with van der Waals surface area (Å²) in [5.74, 6) is 0.379. The monoisotopic (exact) mass is 408 g/mol. The molecule has 2 amide bonds. The van der Waals surface area contributed by atoms with E-state index in [0.29, 0.717) is 17.0 Å². The summed E-state index contributed by atoms with van der Waals surface area (Å²) in [7, 11) is 1.56. The first-order chi connectivity index (χ1) is 14.5. The molecule has 30 heavy (non-hydrogen) atoms. The molecule has 0 radical (unpaired) electrons. The smallest absolute Gasteiger partial charge is 0.292 e. The van der Waals surface area contributed by atoms with E-state index in [2.05, 4.69) is 4.90 Å². The predicted molar refractivity (Wildman–Crippen MR) is 113 cm³/mol. The Morgan fingerprint density at radius 2 is 1.73 bits per heavy atom. The molecule has 7 heteroatoms. The number of benzene rings is 2. The number of hydrogen-bond acceptors (Lipinski definition) is 5. The van der Waals surface area contributed by atoms with E-state index in [4.69, 9.17) is 4.74 Å². The highest BCUT2D eigenvalue weighted by atomic mass is 16.5. The molecule has 0 spiro atoms. The molecule has 1 atom stereocenters. The number of hydrogen-bond donors (Lipinski definition) is 1. The summed E-state index contributed by atoms with van der Waals surface area (Å²) in [6.07, 6.45) is 0.235. The zero-order valence-electron chi connectivity index (χ0n) is 17.3. The number of carbonyl (C=O) groups excluding carboxylic acids is 3. The van der Waals surface area contributed by atoms with E-state index in [1.54, 1.807) is 38.3 Å². The lowest BCUT2D eigenvalue weighted by molar-refractivity contribution is -0.915. The summed E-state index contributed by atoms with van der Waals surface area (Å²) in [5.41, 5.74) is 2.34. The van der Waals surface area contributed by atoms with E-state index in [-0.39, 0.29) is 30.1 Å². The van der Waals surface area contributed by atoms with Crippen molar-refractivity contribution in [1.82, 2.24) is 0 Å². The van der Waals surface area contributed by atoms with Crippen LogP contribution in [0.1, 0.15) is 23.7 Å². The van der Waals surface area contributed by atoms with E-state index in [1.807, 2.05) is 24.3 Å². The zero-order valence-corrected chi connectivity index (χ0v) is 17.3. The van der Waals surface area contributed by atoms with E-state index in [0.717, 1.165) is 36.8 Å². The number of carbonyl (C=O) groups is 3. The van der Waals surface area contributed by atoms with Crippen molar-refractivity contribution in [2.24, 2.45) is 0 Å². The van der Waals surface area contributed by atoms with Crippen molar-refractivity contribution < 1.29 is 24.0 Å². The maximum atomic E-state index is 13.1. The molecule has 4 rings (SSSR count). The molecule has 7 nitrogen and oxygen atoms in total. The molecule has 1 N–H and O–H groups in total. The third kappa shape index (κ3) is 3.80. The first kappa shape index (κ1) is 20.1. The number of ketones is 1. The highest BCUT2D eigenvalue weighted by Crippen LogP contribution is 2.26. The van der Waals surface area contributed by atoms with Gasteiger partial charge in [0, 0.05) is 17.3 Å². The second-order valence-corrected chi connectivity index (χ2v) is 7.77. The number of Topliss-reactive ketones (excluding diaryl/α,β-unsaturated/α-hetero) is 1. The largest absolute Gasteiger partial charge is 0.497 e. The van der Waals surface area contributed by atoms with Gasteiger partial charge in [0.25, 0.3) is 5.91 Å². The molecule has 0 aromatic heterocycles. The molecule has 2 heterocycles. The van der Waals surface area contributed by atoms with E-state index in [9.17, 15) is 14.4 Å². The first-order valence-electron chi connectivity index (χ1n) is 10.2. The molecule has 2 aromatic rings. The van der Waals surface area contributed by atoms with Crippen LogP contribution in [0.3, 0.4) is 0 Å². The summed E-state index contributed by atoms with van der Waals surface area (Å²) >= 11 is 0. The molecule has 2 aliphatic rings. The van der Waals surface area contributed by atoms with Gasteiger partial charge in [-0.3, -0.25) is 14.4 Å². The van der Waals surface area contributed by atoms with Crippen LogP contribution in [0.25, 0.3) is 0 Å². The molecule has 2 saturated heterocycles. The minimum atomic E-state index is -0.342. The Labute approximate surface area is 175 Å². The molecular weight excluding hydrogens is 382 g/mol. The van der Waals surface area contributed by atoms with Gasteiger partial charge in [0.1, 0.15) is 5.75 Å². The summed E-state index contributed by atoms with van der Waals surface area (Å²) < 4.78 is 5.22. The van der Waals surface area contributed by atoms with Crippen molar-refractivity contribution in [3.8, 4) is 5.75 Å². The SMILES string of the molecule is COc1cccc(N2C(=O)C[C@H]([NH+]3CCN(c4ccc(C(C)=O)cc4)CC3)C2=O)c1. The van der Waals surface area contributed by atoms with Crippen LogP contribution in [-0.2, 0) is 9.59 Å². The molecule has 0 unspecified atom stereocenters. The molecule has 156 valence electrons. The van der Waals surface area contributed by atoms with E-state index < -0.39 is 0 Å². The van der Waals surface area contributed by atoms with Crippen molar-refractivity contribution in [3.05, 3.63) is 54.1 Å². The van der Waals surface area contributed by atoms with Crippen LogP contribution in [-0.4, -0.2) is 56.9 Å². The van der Waals surface area contributed by atoms with Crippen molar-refractivity contribution in [2.75, 3.05) is 43.1 Å². The Hall–Kier alpha value is -3.19. The summed E-state index contributed by atoms with van der Waals surface area (Å²) in [4.78, 5) is 41.9. The summed E-state index contributed by atoms with van der Waals surface area (Å²) in [5, 5.41) is 0. The second kappa shape index (κ2) is 8.28. The molecule has 2 aromatic carbocycles. The molecule has 0 aliphatic carbocycles. The van der Waals surface area contributed by atoms with Gasteiger partial charge in [-0.25, -0.2) is 4.90 Å². The number of nitrogens with zero attached hydrogens (tertiary/aromatic N) is 2. The highest BCUT2D eigenvalue weighted by molar-refractivity contribution is 6.21. The average molecular weight is 408 g/mol. The lowest BCUT2D eigenvalue weighted by atomic mass is 10.1. The van der Waals surface area contributed by atoms with Crippen LogP contribution >= 0.6 is 0 Å². The summed E-state index contributed by atoms with van der Waals surface area (Å²) in [6.45, 7) is 4.72. The van der Waals surface area contributed by atoms with Crippen molar-refractivity contribution in [1.29, 1.82) is 0 Å². The minimum absolute atomic E-state index is 0.0563. The molecule has 0 bridgehead atoms. The number of quaternary nitrogens is 1. The molecule has 0 saturated carbocycles. The second-order valence-electron chi connectivity index (χ2n) is 7.77. The van der Waals surface area contributed by atoms with E-state index in [1.165, 1.54) is 4.90 Å². The number of ether oxygens (including phenoxy) is 1. The number of amides is 2. The van der Waals surface area contributed by atoms with E-state index >= 15 is 0 Å². The van der Waals surface area contributed by atoms with Crippen LogP contribution in [0.2, 0.25) is 0 Å². The Balaban J connectivity index is 1.41. The molecule has 2 fully saturated rings. The van der Waals surface area contributed by atoms with Crippen LogP contribution in [0.5, 0.6) is 5.75 Å². The highest BCUT2D eigenvalue weighted by Gasteiger charge is 2.46. The fourth-order valence-corrected chi connectivity index (χ4v) is 4.28. The third-order valence-corrected chi connectivity index (χ3v) is 6.00. The van der Waals surface area contributed by atoms with Crippen LogP contribution in [0.4, 0.5) is 11.4 Å². The maximum Gasteiger partial charge on any atom is 0.292 e. The van der Waals surface area contributed by atoms with Gasteiger partial charge >= 0.3 is 0 Å². The minimum Gasteiger partial charge on any atom is -0.497 e. The Morgan fingerprint density at radius 1 is 1.03 bits per heavy atom. The normalized spacial score (nSPS) is 20.0. The van der Waals surface area contributed by atoms with Crippen LogP contribution in [0, 0.1) is 0 Å². The third-order valence-electron chi connectivity index (χ3n) is 6.00. The molecular formula is C23H26N3O4+. The van der Waals surface area contributed by atoms with Crippen LogP contribution < -0.4 is 19.4 Å². The number of nitrogens with one attached hydrogen (secondary N) is 1. The quantitative estimate of drug-likeness (QED) is 0.589. The zero-order chi connectivity index (χ0) is 21.3. The van der Waals surface area contributed by atoms with Gasteiger partial charge in [-0.15, -0.1) is 0 Å². The number of rotatable bonds is 5. The first-order valence-corrected chi connectivity index (χ1v) is 10.2. The number of anilines is 2. The van der Waals surface area contributed by atoms with Gasteiger partial charge in [-0.1, -0.05) is 6.07 Å². The van der Waals surface area contributed by atoms with Gasteiger partial charge in [0.05, 0.1) is 45.4 Å². The standard InChI is InChI=1S/C23H25N3O4/c1-16(27)17-6-8-18(9-7-17)24-10-12-25(13-11-24)21-15-22(28)26(23(21)29)19-4-3-5-20(14-19)30-2/h3-9,14,21H,10-13,15H2,1-2H3/p+1/t21-/m0/s1. The van der Waals surface area contributed by atoms with Gasteiger partial charge in [0.15, 0.2) is 11.8 Å². The topological polar surface area (TPSA) is 71.4 Å². The summed E-state index contributed by atoms with van der Waals surface area (Å²) in [6, 6.07) is 14.3. The van der Waals surface area contributed by atoms with Gasteiger partial charge in [0.2, 0.25) is 5.91 Å². The average Bonchev–Trinajstić information content (AvgIpc) is 3.07. The van der Waals surface area contributed by atoms with Crippen molar-refractivity contribution in [3.63, 3.8) is 0 Å². The van der Waals surface area contributed by atoms with Crippen molar-refractivity contribution >= 4 is 29.0 Å². The van der Waals surface area contributed by atoms with Gasteiger partial charge in [-0.05, 0) is 43.3 Å².